The van der Waals surface area contributed by atoms with Crippen molar-refractivity contribution in [3.63, 3.8) is 0 Å². The maximum Gasteiger partial charge on any atom is 0.300 e. The molecule has 1 heterocycles. The summed E-state index contributed by atoms with van der Waals surface area (Å²) in [6.45, 7) is 3.77. The van der Waals surface area contributed by atoms with Gasteiger partial charge in [0.05, 0.1) is 18.7 Å². The minimum Gasteiger partial charge on any atom is -0.507 e. The lowest BCUT2D eigenvalue weighted by atomic mass is 9.94. The molecular weight excluding hydrogens is 478 g/mol. The second kappa shape index (κ2) is 10.3. The quantitative estimate of drug-likeness (QED) is 0.179. The topological polar surface area (TPSA) is 76.1 Å². The number of amides is 1. The molecule has 6 heteroatoms. The van der Waals surface area contributed by atoms with Crippen LogP contribution in [0.4, 0.5) is 5.69 Å². The predicted molar refractivity (Wildman–Crippen MR) is 147 cm³/mol. The van der Waals surface area contributed by atoms with Crippen LogP contribution in [0.15, 0.2) is 103 Å². The van der Waals surface area contributed by atoms with Crippen molar-refractivity contribution in [2.45, 2.75) is 19.9 Å². The second-order valence-corrected chi connectivity index (χ2v) is 9.18. The molecular formula is C32H27NO5. The average molecular weight is 506 g/mol. The van der Waals surface area contributed by atoms with Gasteiger partial charge >= 0.3 is 0 Å². The van der Waals surface area contributed by atoms with Crippen LogP contribution >= 0.6 is 0 Å². The smallest absolute Gasteiger partial charge is 0.300 e. The fourth-order valence-electron chi connectivity index (χ4n) is 4.75. The third kappa shape index (κ3) is 4.64. The van der Waals surface area contributed by atoms with E-state index in [0.717, 1.165) is 11.1 Å². The highest BCUT2D eigenvalue weighted by atomic mass is 16.5. The van der Waals surface area contributed by atoms with Gasteiger partial charge < -0.3 is 14.6 Å². The molecule has 0 aromatic heterocycles. The van der Waals surface area contributed by atoms with Gasteiger partial charge in [-0.2, -0.15) is 0 Å². The maximum atomic E-state index is 13.5. The zero-order valence-electron chi connectivity index (χ0n) is 21.3. The SMILES string of the molecule is COc1ccc(/C(O)=C2\C(=O)C(=O)N(c3cccc(C)c3)C2c2cccc(Oc3ccccc3)c2)cc1C. The zero-order chi connectivity index (χ0) is 26.8. The number of para-hydroxylation sites is 1. The molecule has 1 aliphatic rings. The Balaban J connectivity index is 1.68. The number of nitrogens with zero attached hydrogens (tertiary/aromatic N) is 1. The lowest BCUT2D eigenvalue weighted by molar-refractivity contribution is -0.132. The van der Waals surface area contributed by atoms with Crippen LogP contribution in [0.25, 0.3) is 5.76 Å². The Morgan fingerprint density at radius 3 is 2.26 bits per heavy atom. The van der Waals surface area contributed by atoms with E-state index < -0.39 is 17.7 Å². The molecule has 0 aliphatic carbocycles. The lowest BCUT2D eigenvalue weighted by Gasteiger charge is -2.26. The molecule has 5 rings (SSSR count). The maximum absolute atomic E-state index is 13.5. The molecule has 6 nitrogen and oxygen atoms in total. The molecule has 1 saturated heterocycles. The van der Waals surface area contributed by atoms with E-state index in [1.54, 1.807) is 37.4 Å². The molecule has 0 bridgehead atoms. The molecule has 1 N–H and O–H groups in total. The van der Waals surface area contributed by atoms with E-state index in [1.807, 2.05) is 80.6 Å². The number of hydrogen-bond donors (Lipinski definition) is 1. The first-order valence-corrected chi connectivity index (χ1v) is 12.2. The summed E-state index contributed by atoms with van der Waals surface area (Å²) in [7, 11) is 1.57. The number of aliphatic hydroxyl groups is 1. The van der Waals surface area contributed by atoms with Gasteiger partial charge in [0, 0.05) is 11.3 Å². The molecule has 1 amide bonds. The monoisotopic (exact) mass is 505 g/mol. The summed E-state index contributed by atoms with van der Waals surface area (Å²) in [5.74, 6) is 0.154. The van der Waals surface area contributed by atoms with Gasteiger partial charge in [-0.05, 0) is 85.1 Å². The molecule has 38 heavy (non-hydrogen) atoms. The number of anilines is 1. The molecule has 4 aromatic carbocycles. The van der Waals surface area contributed by atoms with Crippen LogP contribution < -0.4 is 14.4 Å². The van der Waals surface area contributed by atoms with E-state index in [-0.39, 0.29) is 11.3 Å². The van der Waals surface area contributed by atoms with Crippen LogP contribution in [0.5, 0.6) is 17.2 Å². The fraction of sp³-hybridized carbons (Fsp3) is 0.125. The van der Waals surface area contributed by atoms with Crippen molar-refractivity contribution in [1.29, 1.82) is 0 Å². The first-order valence-electron chi connectivity index (χ1n) is 12.2. The molecule has 0 saturated carbocycles. The van der Waals surface area contributed by atoms with Crippen molar-refractivity contribution in [1.82, 2.24) is 0 Å². The van der Waals surface area contributed by atoms with E-state index in [1.165, 1.54) is 4.90 Å². The third-order valence-electron chi connectivity index (χ3n) is 6.55. The Morgan fingerprint density at radius 2 is 1.55 bits per heavy atom. The standard InChI is InChI=1S/C32H27NO5/c1-20-9-7-11-24(17-20)33-29(22-10-8-14-26(19-22)38-25-12-5-4-6-13-25)28(31(35)32(33)36)30(34)23-15-16-27(37-3)21(2)18-23/h4-19,29,34H,1-3H3/b30-28+. The number of hydrogen-bond acceptors (Lipinski definition) is 5. The molecule has 1 aliphatic heterocycles. The largest absolute Gasteiger partial charge is 0.507 e. The van der Waals surface area contributed by atoms with E-state index in [2.05, 4.69) is 0 Å². The third-order valence-corrected chi connectivity index (χ3v) is 6.55. The summed E-state index contributed by atoms with van der Waals surface area (Å²) in [4.78, 5) is 28.4. The minimum absolute atomic E-state index is 0.0120. The molecule has 190 valence electrons. The van der Waals surface area contributed by atoms with Crippen LogP contribution in [-0.2, 0) is 9.59 Å². The van der Waals surface area contributed by atoms with E-state index in [9.17, 15) is 14.7 Å². The number of carbonyl (C=O) groups excluding carboxylic acids is 2. The highest BCUT2D eigenvalue weighted by Crippen LogP contribution is 2.43. The highest BCUT2D eigenvalue weighted by Gasteiger charge is 2.47. The van der Waals surface area contributed by atoms with Gasteiger partial charge in [0.25, 0.3) is 11.7 Å². The van der Waals surface area contributed by atoms with Crippen LogP contribution in [0, 0.1) is 13.8 Å². The van der Waals surface area contributed by atoms with Crippen LogP contribution in [-0.4, -0.2) is 23.9 Å². The van der Waals surface area contributed by atoms with E-state index in [0.29, 0.717) is 34.1 Å². The zero-order valence-corrected chi connectivity index (χ0v) is 21.3. The summed E-state index contributed by atoms with van der Waals surface area (Å²) < 4.78 is 11.4. The first-order chi connectivity index (χ1) is 18.4. The Labute approximate surface area is 221 Å². The fourth-order valence-corrected chi connectivity index (χ4v) is 4.75. The van der Waals surface area contributed by atoms with Gasteiger partial charge in [-0.25, -0.2) is 0 Å². The average Bonchev–Trinajstić information content (AvgIpc) is 3.19. The molecule has 1 fully saturated rings. The summed E-state index contributed by atoms with van der Waals surface area (Å²) in [5.41, 5.74) is 3.36. The van der Waals surface area contributed by atoms with E-state index in [4.69, 9.17) is 9.47 Å². The predicted octanol–water partition coefficient (Wildman–Crippen LogP) is 6.73. The van der Waals surface area contributed by atoms with Crippen molar-refractivity contribution in [3.05, 3.63) is 125 Å². The van der Waals surface area contributed by atoms with Gasteiger partial charge in [-0.3, -0.25) is 14.5 Å². The van der Waals surface area contributed by atoms with Gasteiger partial charge in [-0.1, -0.05) is 42.5 Å². The lowest BCUT2D eigenvalue weighted by Crippen LogP contribution is -2.29. The highest BCUT2D eigenvalue weighted by molar-refractivity contribution is 6.51. The number of carbonyl (C=O) groups is 2. The van der Waals surface area contributed by atoms with Gasteiger partial charge in [0.15, 0.2) is 0 Å². The molecule has 0 spiro atoms. The summed E-state index contributed by atoms with van der Waals surface area (Å²) in [5, 5.41) is 11.5. The number of ketones is 1. The second-order valence-electron chi connectivity index (χ2n) is 9.18. The number of aliphatic hydroxyl groups excluding tert-OH is 1. The van der Waals surface area contributed by atoms with Crippen LogP contribution in [0.3, 0.4) is 0 Å². The van der Waals surface area contributed by atoms with Gasteiger partial charge in [-0.15, -0.1) is 0 Å². The number of ether oxygens (including phenoxy) is 2. The minimum atomic E-state index is -0.862. The number of methoxy groups -OCH3 is 1. The normalized spacial score (nSPS) is 16.5. The molecule has 0 radical (unpaired) electrons. The molecule has 1 atom stereocenters. The number of benzene rings is 4. The Bertz CT molecular complexity index is 1560. The Hall–Kier alpha value is -4.84. The first kappa shape index (κ1) is 24.8. The number of aryl methyl sites for hydroxylation is 2. The Morgan fingerprint density at radius 1 is 0.816 bits per heavy atom. The number of rotatable bonds is 6. The van der Waals surface area contributed by atoms with Crippen LogP contribution in [0.2, 0.25) is 0 Å². The number of Topliss-reactive ketones (excluding diaryl/α,β-unsaturated/α-hetero) is 1. The van der Waals surface area contributed by atoms with Gasteiger partial charge in [0.2, 0.25) is 0 Å². The van der Waals surface area contributed by atoms with Crippen molar-refractivity contribution in [2.75, 3.05) is 12.0 Å². The van der Waals surface area contributed by atoms with Crippen LogP contribution in [0.1, 0.15) is 28.3 Å². The summed E-state index contributed by atoms with van der Waals surface area (Å²) in [6, 6.07) is 28.2. The molecule has 1 unspecified atom stereocenters. The summed E-state index contributed by atoms with van der Waals surface area (Å²) in [6.07, 6.45) is 0. The molecule has 4 aromatic rings. The van der Waals surface area contributed by atoms with Crippen molar-refractivity contribution >= 4 is 23.1 Å². The summed E-state index contributed by atoms with van der Waals surface area (Å²) >= 11 is 0. The van der Waals surface area contributed by atoms with Crippen molar-refractivity contribution in [3.8, 4) is 17.2 Å². The van der Waals surface area contributed by atoms with E-state index >= 15 is 0 Å². The Kier molecular flexibility index (Phi) is 6.71. The van der Waals surface area contributed by atoms with Crippen molar-refractivity contribution < 1.29 is 24.2 Å². The van der Waals surface area contributed by atoms with Crippen molar-refractivity contribution in [2.24, 2.45) is 0 Å². The van der Waals surface area contributed by atoms with Gasteiger partial charge in [0.1, 0.15) is 23.0 Å².